The number of unbranched alkanes of at least 4 members (excludes halogenated alkanes) is 1. The highest BCUT2D eigenvalue weighted by molar-refractivity contribution is 6.09. The second-order valence-electron chi connectivity index (χ2n) is 9.94. The minimum atomic E-state index is -4.78. The molecule has 3 amide bonds. The van der Waals surface area contributed by atoms with Crippen LogP contribution in [0.3, 0.4) is 0 Å². The lowest BCUT2D eigenvalue weighted by atomic mass is 9.94. The quantitative estimate of drug-likeness (QED) is 0.268. The summed E-state index contributed by atoms with van der Waals surface area (Å²) in [6, 6.07) is 17.8. The second kappa shape index (κ2) is 13.4. The molecule has 10 heteroatoms. The third-order valence-corrected chi connectivity index (χ3v) is 6.82. The molecule has 4 rings (SSSR count). The summed E-state index contributed by atoms with van der Waals surface area (Å²) in [5.74, 6) is -0.0872. The monoisotopic (exact) mass is 569 g/mol. The van der Waals surface area contributed by atoms with E-state index in [4.69, 9.17) is 4.74 Å². The number of rotatable bonds is 9. The minimum Gasteiger partial charge on any atom is -0.490 e. The van der Waals surface area contributed by atoms with E-state index < -0.39 is 6.36 Å². The molecule has 0 atom stereocenters. The van der Waals surface area contributed by atoms with Crippen molar-refractivity contribution in [3.05, 3.63) is 77.9 Å². The number of nitrogens with zero attached hydrogens (tertiary/aromatic N) is 1. The van der Waals surface area contributed by atoms with Gasteiger partial charge in [-0.2, -0.15) is 0 Å². The molecule has 218 valence electrons. The van der Waals surface area contributed by atoms with Crippen molar-refractivity contribution in [1.82, 2.24) is 10.2 Å². The number of hydrogen-bond acceptors (Lipinski definition) is 4. The Kier molecular flexibility index (Phi) is 9.75. The van der Waals surface area contributed by atoms with Crippen LogP contribution in [0.4, 0.5) is 23.7 Å². The van der Waals surface area contributed by atoms with E-state index in [9.17, 15) is 22.8 Å². The summed E-state index contributed by atoms with van der Waals surface area (Å²) in [5, 5.41) is 5.85. The lowest BCUT2D eigenvalue weighted by molar-refractivity contribution is -0.274. The van der Waals surface area contributed by atoms with Crippen LogP contribution in [0.15, 0.2) is 66.7 Å². The van der Waals surface area contributed by atoms with Gasteiger partial charge in [0, 0.05) is 49.8 Å². The molecule has 1 aliphatic heterocycles. The molecule has 3 aromatic rings. The lowest BCUT2D eigenvalue weighted by Gasteiger charge is -2.32. The molecular formula is C31H34F3N3O4. The molecule has 0 bridgehead atoms. The fourth-order valence-corrected chi connectivity index (χ4v) is 4.76. The third kappa shape index (κ3) is 8.39. The summed E-state index contributed by atoms with van der Waals surface area (Å²) in [6.45, 7) is 5.81. The fourth-order valence-electron chi connectivity index (χ4n) is 4.76. The first kappa shape index (κ1) is 29.8. The Labute approximate surface area is 237 Å². The smallest absolute Gasteiger partial charge is 0.490 e. The number of benzene rings is 3. The highest BCUT2D eigenvalue weighted by Crippen LogP contribution is 2.32. The van der Waals surface area contributed by atoms with Crippen LogP contribution in [-0.2, 0) is 0 Å². The molecule has 2 N–H and O–H groups in total. The van der Waals surface area contributed by atoms with Gasteiger partial charge in [0.15, 0.2) is 0 Å². The van der Waals surface area contributed by atoms with Crippen LogP contribution in [0, 0.1) is 6.92 Å². The third-order valence-electron chi connectivity index (χ3n) is 6.82. The zero-order valence-electron chi connectivity index (χ0n) is 23.1. The Morgan fingerprint density at radius 1 is 0.976 bits per heavy atom. The maximum absolute atomic E-state index is 13.3. The van der Waals surface area contributed by atoms with Crippen molar-refractivity contribution in [3.8, 4) is 22.6 Å². The zero-order valence-corrected chi connectivity index (χ0v) is 23.1. The summed E-state index contributed by atoms with van der Waals surface area (Å²) in [7, 11) is 0. The Bertz CT molecular complexity index is 1340. The highest BCUT2D eigenvalue weighted by atomic mass is 19.4. The Morgan fingerprint density at radius 3 is 2.37 bits per heavy atom. The van der Waals surface area contributed by atoms with Gasteiger partial charge >= 0.3 is 12.4 Å². The summed E-state index contributed by atoms with van der Waals surface area (Å²) in [6.07, 6.45) is -1.44. The van der Waals surface area contributed by atoms with Crippen molar-refractivity contribution in [2.75, 3.05) is 25.0 Å². The Balaban J connectivity index is 1.39. The summed E-state index contributed by atoms with van der Waals surface area (Å²) < 4.78 is 47.8. The van der Waals surface area contributed by atoms with E-state index in [2.05, 4.69) is 22.3 Å². The number of nitrogens with one attached hydrogen (secondary N) is 2. The van der Waals surface area contributed by atoms with Crippen LogP contribution in [0.25, 0.3) is 11.1 Å². The largest absolute Gasteiger partial charge is 0.573 e. The van der Waals surface area contributed by atoms with Gasteiger partial charge in [0.2, 0.25) is 0 Å². The molecule has 0 aromatic heterocycles. The van der Waals surface area contributed by atoms with Crippen LogP contribution in [0.2, 0.25) is 0 Å². The number of likely N-dealkylation sites (tertiary alicyclic amines) is 1. The predicted octanol–water partition coefficient (Wildman–Crippen LogP) is 7.17. The first-order chi connectivity index (χ1) is 19.6. The van der Waals surface area contributed by atoms with Crippen LogP contribution >= 0.6 is 0 Å². The molecule has 0 unspecified atom stereocenters. The molecule has 0 aliphatic carbocycles. The number of anilines is 1. The molecule has 3 aromatic carbocycles. The molecule has 0 spiro atoms. The maximum atomic E-state index is 13.3. The van der Waals surface area contributed by atoms with Gasteiger partial charge in [-0.15, -0.1) is 13.2 Å². The number of carbonyl (C=O) groups is 2. The lowest BCUT2D eigenvalue weighted by Crippen LogP contribution is -2.46. The molecule has 7 nitrogen and oxygen atoms in total. The van der Waals surface area contributed by atoms with Crippen molar-refractivity contribution < 1.29 is 32.2 Å². The van der Waals surface area contributed by atoms with Gasteiger partial charge in [-0.25, -0.2) is 4.79 Å². The number of aryl methyl sites for hydroxylation is 1. The maximum Gasteiger partial charge on any atom is 0.573 e. The summed E-state index contributed by atoms with van der Waals surface area (Å²) in [5.41, 5.74) is 2.92. The molecule has 1 fully saturated rings. The first-order valence-electron chi connectivity index (χ1n) is 13.7. The van der Waals surface area contributed by atoms with E-state index in [1.807, 2.05) is 24.0 Å². The fraction of sp³-hybridized carbons (Fsp3) is 0.355. The van der Waals surface area contributed by atoms with Crippen molar-refractivity contribution in [2.45, 2.75) is 52.0 Å². The average Bonchev–Trinajstić information content (AvgIpc) is 2.93. The van der Waals surface area contributed by atoms with Gasteiger partial charge in [0.05, 0.1) is 0 Å². The van der Waals surface area contributed by atoms with Gasteiger partial charge in [0.25, 0.3) is 5.91 Å². The van der Waals surface area contributed by atoms with E-state index >= 15 is 0 Å². The van der Waals surface area contributed by atoms with Crippen molar-refractivity contribution in [2.24, 2.45) is 0 Å². The molecule has 0 radical (unpaired) electrons. The molecule has 0 saturated carbocycles. The molecule has 1 aliphatic rings. The number of hydrogen-bond donors (Lipinski definition) is 2. The number of ether oxygens (including phenoxy) is 2. The zero-order chi connectivity index (χ0) is 29.4. The molecule has 41 heavy (non-hydrogen) atoms. The van der Waals surface area contributed by atoms with Gasteiger partial charge in [-0.3, -0.25) is 4.79 Å². The van der Waals surface area contributed by atoms with E-state index in [1.165, 1.54) is 24.3 Å². The van der Waals surface area contributed by atoms with E-state index in [1.54, 1.807) is 30.3 Å². The first-order valence-corrected chi connectivity index (χ1v) is 13.7. The number of halogens is 3. The SMILES string of the molecule is CCCCNC(=O)N1CCC(Oc2cccc(NC(=O)c3cccc(C)c3-c3ccc(OC(F)(F)F)cc3)c2)CC1. The minimum absolute atomic E-state index is 0.0392. The van der Waals surface area contributed by atoms with E-state index in [-0.39, 0.29) is 23.8 Å². The number of urea groups is 1. The van der Waals surface area contributed by atoms with Crippen molar-refractivity contribution in [3.63, 3.8) is 0 Å². The normalized spacial score (nSPS) is 13.9. The Morgan fingerprint density at radius 2 is 1.68 bits per heavy atom. The standard InChI is InChI=1S/C31H34F3N3O4/c1-3-4-17-35-30(39)37-18-15-24(16-19-37)40-26-9-6-8-23(20-26)36-29(38)27-10-5-7-21(2)28(27)22-11-13-25(14-12-22)41-31(32,33)34/h5-14,20,24H,3-4,15-19H2,1-2H3,(H,35,39)(H,36,38). The predicted molar refractivity (Wildman–Crippen MR) is 151 cm³/mol. The van der Waals surface area contributed by atoms with Crippen LogP contribution in [0.1, 0.15) is 48.5 Å². The number of alkyl halides is 3. The highest BCUT2D eigenvalue weighted by Gasteiger charge is 2.31. The topological polar surface area (TPSA) is 79.9 Å². The van der Waals surface area contributed by atoms with Crippen molar-refractivity contribution in [1.29, 1.82) is 0 Å². The summed E-state index contributed by atoms with van der Waals surface area (Å²) >= 11 is 0. The molecular weight excluding hydrogens is 535 g/mol. The average molecular weight is 570 g/mol. The number of amides is 3. The Hall–Kier alpha value is -4.21. The van der Waals surface area contributed by atoms with Crippen molar-refractivity contribution >= 4 is 17.6 Å². The molecule has 1 heterocycles. The van der Waals surface area contributed by atoms with Crippen LogP contribution in [-0.4, -0.2) is 48.9 Å². The van der Waals surface area contributed by atoms with E-state index in [0.717, 1.165) is 18.4 Å². The van der Waals surface area contributed by atoms with Crippen LogP contribution in [0.5, 0.6) is 11.5 Å². The van der Waals surface area contributed by atoms with Gasteiger partial charge in [-0.1, -0.05) is 43.7 Å². The van der Waals surface area contributed by atoms with Crippen LogP contribution < -0.4 is 20.1 Å². The summed E-state index contributed by atoms with van der Waals surface area (Å²) in [4.78, 5) is 27.4. The number of carbonyl (C=O) groups excluding carboxylic acids is 2. The van der Waals surface area contributed by atoms with Gasteiger partial charge < -0.3 is 25.0 Å². The number of piperidine rings is 1. The van der Waals surface area contributed by atoms with Gasteiger partial charge in [0.1, 0.15) is 17.6 Å². The second-order valence-corrected chi connectivity index (χ2v) is 9.94. The molecule has 1 saturated heterocycles. The van der Waals surface area contributed by atoms with E-state index in [0.29, 0.717) is 60.6 Å². The van der Waals surface area contributed by atoms with Gasteiger partial charge in [-0.05, 0) is 60.4 Å².